The van der Waals surface area contributed by atoms with E-state index in [1.165, 1.54) is 0 Å². The van der Waals surface area contributed by atoms with Gasteiger partial charge in [-0.2, -0.15) is 0 Å². The van der Waals surface area contributed by atoms with Crippen molar-refractivity contribution in [3.63, 3.8) is 0 Å². The molecule has 0 spiro atoms. The van der Waals surface area contributed by atoms with Crippen LogP contribution in [-0.4, -0.2) is 24.2 Å². The van der Waals surface area contributed by atoms with Crippen LogP contribution in [0.1, 0.15) is 6.42 Å². The second-order valence-corrected chi connectivity index (χ2v) is 3.59. The van der Waals surface area contributed by atoms with Gasteiger partial charge in [0.1, 0.15) is 0 Å². The number of hydrogen-bond donors (Lipinski definition) is 1. The number of rotatable bonds is 2. The van der Waals surface area contributed by atoms with Gasteiger partial charge in [0, 0.05) is 31.2 Å². The highest BCUT2D eigenvalue weighted by atomic mass is 16.3. The largest absolute Gasteiger partial charge is 0.396 e. The number of aliphatic hydroxyl groups is 1. The summed E-state index contributed by atoms with van der Waals surface area (Å²) in [5.41, 5.74) is 0.924. The zero-order valence-electron chi connectivity index (χ0n) is 7.89. The van der Waals surface area contributed by atoms with Crippen molar-refractivity contribution in [1.29, 1.82) is 0 Å². The summed E-state index contributed by atoms with van der Waals surface area (Å²) >= 11 is 0. The Hall–Kier alpha value is -1.35. The highest BCUT2D eigenvalue weighted by Gasteiger charge is 2.29. The van der Waals surface area contributed by atoms with Gasteiger partial charge in [-0.25, -0.2) is 0 Å². The van der Waals surface area contributed by atoms with E-state index in [-0.39, 0.29) is 18.4 Å². The summed E-state index contributed by atoms with van der Waals surface area (Å²) in [6.45, 7) is 0.731. The number of carbonyl (C=O) groups excluding carboxylic acids is 1. The maximum absolute atomic E-state index is 11.6. The Labute approximate surface area is 83.0 Å². The van der Waals surface area contributed by atoms with Gasteiger partial charge in [-0.05, 0) is 12.1 Å². The third-order valence-electron chi connectivity index (χ3n) is 2.53. The molecule has 1 unspecified atom stereocenters. The van der Waals surface area contributed by atoms with Gasteiger partial charge in [0.25, 0.3) is 0 Å². The van der Waals surface area contributed by atoms with Gasteiger partial charge in [-0.15, -0.1) is 0 Å². The predicted octanol–water partition coefficient (Wildman–Crippen LogP) is 1.03. The Morgan fingerprint density at radius 1 is 1.36 bits per heavy atom. The lowest BCUT2D eigenvalue weighted by atomic mass is 10.1. The number of para-hydroxylation sites is 1. The van der Waals surface area contributed by atoms with Crippen LogP contribution in [0.5, 0.6) is 0 Å². The van der Waals surface area contributed by atoms with Gasteiger partial charge in [0.2, 0.25) is 5.91 Å². The van der Waals surface area contributed by atoms with Gasteiger partial charge < -0.3 is 10.0 Å². The standard InChI is InChI=1S/C11H13NO2/c13-8-9-6-11(14)12(7-9)10-4-2-1-3-5-10/h1-5,9,13H,6-8H2. The van der Waals surface area contributed by atoms with E-state index in [4.69, 9.17) is 5.11 Å². The minimum absolute atomic E-state index is 0.0923. The molecule has 0 radical (unpaired) electrons. The summed E-state index contributed by atoms with van der Waals surface area (Å²) in [6, 6.07) is 9.58. The lowest BCUT2D eigenvalue weighted by molar-refractivity contribution is -0.117. The van der Waals surface area contributed by atoms with Crippen LogP contribution in [0.25, 0.3) is 0 Å². The molecule has 1 heterocycles. The van der Waals surface area contributed by atoms with Crippen molar-refractivity contribution in [3.05, 3.63) is 30.3 Å². The first-order valence-electron chi connectivity index (χ1n) is 4.77. The Morgan fingerprint density at radius 2 is 2.07 bits per heavy atom. The Bertz CT molecular complexity index is 323. The molecule has 1 aliphatic heterocycles. The van der Waals surface area contributed by atoms with Crippen LogP contribution in [0, 0.1) is 5.92 Å². The molecule has 3 nitrogen and oxygen atoms in total. The van der Waals surface area contributed by atoms with Gasteiger partial charge in [-0.1, -0.05) is 18.2 Å². The Balaban J connectivity index is 2.17. The molecule has 74 valence electrons. The average Bonchev–Trinajstić information content (AvgIpc) is 2.61. The molecule has 1 saturated heterocycles. The normalized spacial score (nSPS) is 21.6. The van der Waals surface area contributed by atoms with Crippen molar-refractivity contribution in [2.24, 2.45) is 5.92 Å². The fourth-order valence-corrected chi connectivity index (χ4v) is 1.76. The molecule has 1 aromatic carbocycles. The predicted molar refractivity (Wildman–Crippen MR) is 54.0 cm³/mol. The maximum atomic E-state index is 11.6. The first-order chi connectivity index (χ1) is 6.81. The summed E-state index contributed by atoms with van der Waals surface area (Å²) in [6.07, 6.45) is 0.464. The van der Waals surface area contributed by atoms with E-state index in [9.17, 15) is 4.79 Å². The SMILES string of the molecule is O=C1CC(CO)CN1c1ccccc1. The van der Waals surface area contributed by atoms with Crippen molar-refractivity contribution in [1.82, 2.24) is 0 Å². The number of amides is 1. The minimum atomic E-state index is 0.0923. The van der Waals surface area contributed by atoms with E-state index >= 15 is 0 Å². The van der Waals surface area contributed by atoms with Gasteiger partial charge in [-0.3, -0.25) is 4.79 Å². The van der Waals surface area contributed by atoms with Crippen molar-refractivity contribution in [2.75, 3.05) is 18.1 Å². The van der Waals surface area contributed by atoms with Crippen LogP contribution in [-0.2, 0) is 4.79 Å². The fourth-order valence-electron chi connectivity index (χ4n) is 1.76. The summed E-state index contributed by atoms with van der Waals surface area (Å²) in [5.74, 6) is 0.206. The fraction of sp³-hybridized carbons (Fsp3) is 0.364. The lowest BCUT2D eigenvalue weighted by Crippen LogP contribution is -2.24. The number of anilines is 1. The van der Waals surface area contributed by atoms with E-state index in [0.29, 0.717) is 13.0 Å². The van der Waals surface area contributed by atoms with Crippen LogP contribution in [0.3, 0.4) is 0 Å². The maximum Gasteiger partial charge on any atom is 0.227 e. The van der Waals surface area contributed by atoms with Crippen LogP contribution in [0.4, 0.5) is 5.69 Å². The van der Waals surface area contributed by atoms with Crippen LogP contribution in [0.15, 0.2) is 30.3 Å². The molecule has 0 aromatic heterocycles. The quantitative estimate of drug-likeness (QED) is 0.758. The second kappa shape index (κ2) is 3.80. The Kier molecular flexibility index (Phi) is 2.50. The third kappa shape index (κ3) is 1.63. The molecule has 2 rings (SSSR count). The number of aliphatic hydroxyl groups excluding tert-OH is 1. The van der Waals surface area contributed by atoms with E-state index in [1.807, 2.05) is 30.3 Å². The first-order valence-corrected chi connectivity index (χ1v) is 4.77. The molecule has 14 heavy (non-hydrogen) atoms. The molecular weight excluding hydrogens is 178 g/mol. The molecule has 1 aliphatic rings. The van der Waals surface area contributed by atoms with Gasteiger partial charge in [0.05, 0.1) is 0 Å². The number of nitrogens with zero attached hydrogens (tertiary/aromatic N) is 1. The van der Waals surface area contributed by atoms with Crippen molar-refractivity contribution < 1.29 is 9.90 Å². The smallest absolute Gasteiger partial charge is 0.227 e. The second-order valence-electron chi connectivity index (χ2n) is 3.59. The third-order valence-corrected chi connectivity index (χ3v) is 2.53. The molecule has 0 aliphatic carbocycles. The Morgan fingerprint density at radius 3 is 2.64 bits per heavy atom. The van der Waals surface area contributed by atoms with E-state index < -0.39 is 0 Å². The number of carbonyl (C=O) groups is 1. The topological polar surface area (TPSA) is 40.5 Å². The molecule has 1 atom stereocenters. The zero-order valence-corrected chi connectivity index (χ0v) is 7.89. The van der Waals surface area contributed by atoms with Crippen LogP contribution < -0.4 is 4.90 Å². The molecule has 0 bridgehead atoms. The molecule has 3 heteroatoms. The summed E-state index contributed by atoms with van der Waals surface area (Å²) < 4.78 is 0. The van der Waals surface area contributed by atoms with E-state index in [2.05, 4.69) is 0 Å². The molecule has 1 aromatic rings. The van der Waals surface area contributed by atoms with Gasteiger partial charge >= 0.3 is 0 Å². The van der Waals surface area contributed by atoms with E-state index in [1.54, 1.807) is 4.90 Å². The minimum Gasteiger partial charge on any atom is -0.396 e. The molecular formula is C11H13NO2. The number of benzene rings is 1. The van der Waals surface area contributed by atoms with Crippen molar-refractivity contribution in [2.45, 2.75) is 6.42 Å². The van der Waals surface area contributed by atoms with Crippen LogP contribution >= 0.6 is 0 Å². The van der Waals surface area contributed by atoms with Crippen molar-refractivity contribution in [3.8, 4) is 0 Å². The monoisotopic (exact) mass is 191 g/mol. The molecule has 0 saturated carbocycles. The summed E-state index contributed by atoms with van der Waals surface area (Å²) in [4.78, 5) is 13.3. The first kappa shape index (κ1) is 9.21. The average molecular weight is 191 g/mol. The van der Waals surface area contributed by atoms with Crippen LogP contribution in [0.2, 0.25) is 0 Å². The van der Waals surface area contributed by atoms with Crippen molar-refractivity contribution >= 4 is 11.6 Å². The summed E-state index contributed by atoms with van der Waals surface area (Å²) in [5, 5.41) is 8.97. The number of hydrogen-bond acceptors (Lipinski definition) is 2. The highest BCUT2D eigenvalue weighted by Crippen LogP contribution is 2.23. The van der Waals surface area contributed by atoms with Gasteiger partial charge in [0.15, 0.2) is 0 Å². The highest BCUT2D eigenvalue weighted by molar-refractivity contribution is 5.95. The zero-order chi connectivity index (χ0) is 9.97. The lowest BCUT2D eigenvalue weighted by Gasteiger charge is -2.15. The molecule has 1 fully saturated rings. The summed E-state index contributed by atoms with van der Waals surface area (Å²) in [7, 11) is 0. The van der Waals surface area contributed by atoms with E-state index in [0.717, 1.165) is 5.69 Å². The molecule has 1 N–H and O–H groups in total. The molecule has 1 amide bonds.